The van der Waals surface area contributed by atoms with E-state index in [1.54, 1.807) is 0 Å². The first-order valence-corrected chi connectivity index (χ1v) is 7.81. The molecule has 0 atom stereocenters. The lowest BCUT2D eigenvalue weighted by Gasteiger charge is -2.13. The van der Waals surface area contributed by atoms with Gasteiger partial charge in [0.25, 0.3) is 0 Å². The van der Waals surface area contributed by atoms with Crippen molar-refractivity contribution in [1.29, 1.82) is 0 Å². The first-order chi connectivity index (χ1) is 10.1. The van der Waals surface area contributed by atoms with E-state index < -0.39 is 11.7 Å². The van der Waals surface area contributed by atoms with Crippen LogP contribution in [0.25, 0.3) is 0 Å². The fourth-order valence-electron chi connectivity index (χ4n) is 2.24. The Morgan fingerprint density at radius 1 is 1.00 bits per heavy atom. The minimum absolute atomic E-state index is 0.0621. The Hall–Kier alpha value is -1.26. The average Bonchev–Trinajstić information content (AvgIpc) is 2.45. The molecule has 0 saturated heterocycles. The summed E-state index contributed by atoms with van der Waals surface area (Å²) in [6.07, 6.45) is 6.42. The maximum absolute atomic E-state index is 12.7. The minimum Gasteiger partial charge on any atom is -0.370 e. The van der Waals surface area contributed by atoms with Crippen LogP contribution in [0.15, 0.2) is 18.3 Å². The topological polar surface area (TPSA) is 24.9 Å². The summed E-state index contributed by atoms with van der Waals surface area (Å²) in [6.45, 7) is 2.73. The summed E-state index contributed by atoms with van der Waals surface area (Å²) in [5, 5.41) is 2.80. The molecule has 0 radical (unpaired) electrons. The van der Waals surface area contributed by atoms with E-state index in [1.165, 1.54) is 44.4 Å². The van der Waals surface area contributed by atoms with Crippen LogP contribution in [0.3, 0.4) is 0 Å². The van der Waals surface area contributed by atoms with Gasteiger partial charge >= 0.3 is 6.18 Å². The summed E-state index contributed by atoms with van der Waals surface area (Å²) >= 11 is 0. The normalized spacial score (nSPS) is 11.6. The van der Waals surface area contributed by atoms with Gasteiger partial charge in [0, 0.05) is 12.7 Å². The second kappa shape index (κ2) is 9.64. The maximum atomic E-state index is 12.7. The van der Waals surface area contributed by atoms with Crippen LogP contribution in [0.5, 0.6) is 0 Å². The predicted octanol–water partition coefficient (Wildman–Crippen LogP) is 5.65. The molecular weight excluding hydrogens is 277 g/mol. The molecule has 120 valence electrons. The monoisotopic (exact) mass is 302 g/mol. The quantitative estimate of drug-likeness (QED) is 0.565. The molecule has 0 fully saturated rings. The van der Waals surface area contributed by atoms with Gasteiger partial charge in [-0.25, -0.2) is 4.98 Å². The van der Waals surface area contributed by atoms with E-state index in [0.29, 0.717) is 6.54 Å². The highest BCUT2D eigenvalue weighted by Gasteiger charge is 2.33. The number of unbranched alkanes of at least 4 members (excludes halogenated alkanes) is 7. The summed E-state index contributed by atoms with van der Waals surface area (Å²) in [6, 6.07) is 2.37. The standard InChI is InChI=1S/C16H25F3N2/c1-2-3-4-5-6-7-8-9-12-20-15-14(16(17,18)19)11-10-13-21-15/h10-11,13H,2-9,12H2,1H3,(H,20,21). The fourth-order valence-corrected chi connectivity index (χ4v) is 2.24. The van der Waals surface area contributed by atoms with Crippen molar-refractivity contribution in [2.45, 2.75) is 64.5 Å². The number of alkyl halides is 3. The Bertz CT molecular complexity index is 391. The van der Waals surface area contributed by atoms with Crippen molar-refractivity contribution in [2.75, 3.05) is 11.9 Å². The van der Waals surface area contributed by atoms with Crippen LogP contribution in [-0.2, 0) is 6.18 Å². The number of pyridine rings is 1. The largest absolute Gasteiger partial charge is 0.419 e. The van der Waals surface area contributed by atoms with Gasteiger partial charge in [0.1, 0.15) is 5.82 Å². The molecule has 21 heavy (non-hydrogen) atoms. The zero-order valence-corrected chi connectivity index (χ0v) is 12.7. The van der Waals surface area contributed by atoms with Gasteiger partial charge in [0.2, 0.25) is 0 Å². The number of halogens is 3. The molecule has 0 aliphatic rings. The van der Waals surface area contributed by atoms with E-state index in [1.807, 2.05) is 0 Å². The van der Waals surface area contributed by atoms with E-state index in [4.69, 9.17) is 0 Å². The van der Waals surface area contributed by atoms with Gasteiger partial charge in [-0.05, 0) is 18.6 Å². The van der Waals surface area contributed by atoms with Crippen molar-refractivity contribution in [1.82, 2.24) is 4.98 Å². The first-order valence-electron chi connectivity index (χ1n) is 7.81. The fraction of sp³-hybridized carbons (Fsp3) is 0.688. The van der Waals surface area contributed by atoms with E-state index in [2.05, 4.69) is 17.2 Å². The Labute approximate surface area is 125 Å². The SMILES string of the molecule is CCCCCCCCCCNc1ncccc1C(F)(F)F. The molecule has 0 unspecified atom stereocenters. The van der Waals surface area contributed by atoms with Gasteiger partial charge in [-0.3, -0.25) is 0 Å². The lowest BCUT2D eigenvalue weighted by atomic mass is 10.1. The van der Waals surface area contributed by atoms with Crippen molar-refractivity contribution in [3.63, 3.8) is 0 Å². The zero-order chi connectivity index (χ0) is 15.6. The highest BCUT2D eigenvalue weighted by atomic mass is 19.4. The third kappa shape index (κ3) is 7.34. The van der Waals surface area contributed by atoms with Crippen LogP contribution in [0.1, 0.15) is 63.9 Å². The van der Waals surface area contributed by atoms with Crippen LogP contribution >= 0.6 is 0 Å². The molecule has 0 aliphatic carbocycles. The number of nitrogens with zero attached hydrogens (tertiary/aromatic N) is 1. The Morgan fingerprint density at radius 2 is 1.62 bits per heavy atom. The summed E-state index contributed by atoms with van der Waals surface area (Å²) < 4.78 is 38.2. The number of hydrogen-bond donors (Lipinski definition) is 1. The van der Waals surface area contributed by atoms with Gasteiger partial charge in [-0.1, -0.05) is 51.9 Å². The van der Waals surface area contributed by atoms with Crippen LogP contribution in [-0.4, -0.2) is 11.5 Å². The van der Waals surface area contributed by atoms with Gasteiger partial charge in [0.05, 0.1) is 5.56 Å². The second-order valence-electron chi connectivity index (χ2n) is 5.30. The molecule has 0 amide bonds. The molecule has 5 heteroatoms. The van der Waals surface area contributed by atoms with E-state index in [-0.39, 0.29) is 5.82 Å². The van der Waals surface area contributed by atoms with Crippen LogP contribution in [0, 0.1) is 0 Å². The highest BCUT2D eigenvalue weighted by molar-refractivity contribution is 5.45. The van der Waals surface area contributed by atoms with Crippen LogP contribution < -0.4 is 5.32 Å². The predicted molar refractivity (Wildman–Crippen MR) is 80.3 cm³/mol. The van der Waals surface area contributed by atoms with Crippen molar-refractivity contribution in [3.05, 3.63) is 23.9 Å². The van der Waals surface area contributed by atoms with Crippen molar-refractivity contribution in [2.24, 2.45) is 0 Å². The molecule has 0 saturated carbocycles. The van der Waals surface area contributed by atoms with Gasteiger partial charge < -0.3 is 5.32 Å². The molecule has 0 aromatic carbocycles. The Balaban J connectivity index is 2.19. The molecule has 1 aromatic rings. The molecule has 1 N–H and O–H groups in total. The first kappa shape index (κ1) is 17.8. The molecule has 1 aromatic heterocycles. The number of anilines is 1. The molecular formula is C16H25F3N2. The number of aromatic nitrogens is 1. The van der Waals surface area contributed by atoms with E-state index in [9.17, 15) is 13.2 Å². The number of rotatable bonds is 10. The zero-order valence-electron chi connectivity index (χ0n) is 12.7. The van der Waals surface area contributed by atoms with Gasteiger partial charge in [0.15, 0.2) is 0 Å². The van der Waals surface area contributed by atoms with E-state index in [0.717, 1.165) is 25.3 Å². The molecule has 2 nitrogen and oxygen atoms in total. The second-order valence-corrected chi connectivity index (χ2v) is 5.30. The Morgan fingerprint density at radius 3 is 2.24 bits per heavy atom. The smallest absolute Gasteiger partial charge is 0.370 e. The highest BCUT2D eigenvalue weighted by Crippen LogP contribution is 2.33. The lowest BCUT2D eigenvalue weighted by molar-refractivity contribution is -0.137. The third-order valence-electron chi connectivity index (χ3n) is 3.44. The minimum atomic E-state index is -4.35. The maximum Gasteiger partial charge on any atom is 0.419 e. The van der Waals surface area contributed by atoms with Gasteiger partial charge in [-0.2, -0.15) is 13.2 Å². The molecule has 1 heterocycles. The summed E-state index contributed by atoms with van der Waals surface area (Å²) in [5.74, 6) is -0.0621. The summed E-state index contributed by atoms with van der Waals surface area (Å²) in [5.41, 5.74) is -0.690. The third-order valence-corrected chi connectivity index (χ3v) is 3.44. The summed E-state index contributed by atoms with van der Waals surface area (Å²) in [7, 11) is 0. The molecule has 0 aliphatic heterocycles. The molecule has 0 bridgehead atoms. The molecule has 1 rings (SSSR count). The average molecular weight is 302 g/mol. The van der Waals surface area contributed by atoms with Crippen LogP contribution in [0.4, 0.5) is 19.0 Å². The van der Waals surface area contributed by atoms with Crippen molar-refractivity contribution < 1.29 is 13.2 Å². The van der Waals surface area contributed by atoms with Crippen molar-refractivity contribution in [3.8, 4) is 0 Å². The number of nitrogens with one attached hydrogen (secondary N) is 1. The van der Waals surface area contributed by atoms with Crippen molar-refractivity contribution >= 4 is 5.82 Å². The number of hydrogen-bond acceptors (Lipinski definition) is 2. The lowest BCUT2D eigenvalue weighted by Crippen LogP contribution is -2.12. The van der Waals surface area contributed by atoms with E-state index >= 15 is 0 Å². The van der Waals surface area contributed by atoms with Gasteiger partial charge in [-0.15, -0.1) is 0 Å². The van der Waals surface area contributed by atoms with Crippen LogP contribution in [0.2, 0.25) is 0 Å². The summed E-state index contributed by atoms with van der Waals surface area (Å²) in [4.78, 5) is 3.78. The molecule has 0 spiro atoms. The Kier molecular flexibility index (Phi) is 8.16.